The van der Waals surface area contributed by atoms with Crippen molar-refractivity contribution in [3.63, 3.8) is 0 Å². The molecule has 0 N–H and O–H groups in total. The van der Waals surface area contributed by atoms with Crippen LogP contribution in [0.5, 0.6) is 0 Å². The first-order valence-electron chi connectivity index (χ1n) is 7.60. The van der Waals surface area contributed by atoms with Crippen LogP contribution in [-0.4, -0.2) is 31.6 Å². The molecule has 1 unspecified atom stereocenters. The maximum atomic E-state index is 13.0. The Kier molecular flexibility index (Phi) is 5.49. The van der Waals surface area contributed by atoms with Gasteiger partial charge in [-0.1, -0.05) is 29.8 Å². The number of hydrogen-bond donors (Lipinski definition) is 0. The van der Waals surface area contributed by atoms with Gasteiger partial charge in [0, 0.05) is 29.1 Å². The fourth-order valence-corrected chi connectivity index (χ4v) is 5.90. The van der Waals surface area contributed by atoms with Gasteiger partial charge in [-0.3, -0.25) is 0 Å². The molecule has 1 aliphatic heterocycles. The molecule has 24 heavy (non-hydrogen) atoms. The van der Waals surface area contributed by atoms with Crippen molar-refractivity contribution < 1.29 is 12.8 Å². The molecule has 3 nitrogen and oxygen atoms in total. The van der Waals surface area contributed by atoms with Crippen LogP contribution in [0.4, 0.5) is 4.39 Å². The van der Waals surface area contributed by atoms with E-state index in [2.05, 4.69) is 0 Å². The molecule has 0 aliphatic carbocycles. The van der Waals surface area contributed by atoms with E-state index in [1.165, 1.54) is 28.6 Å². The van der Waals surface area contributed by atoms with Crippen molar-refractivity contribution in [2.45, 2.75) is 16.6 Å². The summed E-state index contributed by atoms with van der Waals surface area (Å²) in [4.78, 5) is 0.130. The Labute approximate surface area is 150 Å². The second-order valence-electron chi connectivity index (χ2n) is 5.53. The van der Waals surface area contributed by atoms with E-state index >= 15 is 0 Å². The summed E-state index contributed by atoms with van der Waals surface area (Å²) in [6.07, 6.45) is 0.689. The fraction of sp³-hybridized carbons (Fsp3) is 0.294. The van der Waals surface area contributed by atoms with Gasteiger partial charge in [0.1, 0.15) is 5.82 Å². The van der Waals surface area contributed by atoms with E-state index in [1.54, 1.807) is 11.8 Å². The highest BCUT2D eigenvalue weighted by Crippen LogP contribution is 2.38. The summed E-state index contributed by atoms with van der Waals surface area (Å²) < 4.78 is 40.0. The normalized spacial score (nSPS) is 19.8. The zero-order valence-electron chi connectivity index (χ0n) is 12.9. The zero-order valence-corrected chi connectivity index (χ0v) is 15.2. The third kappa shape index (κ3) is 3.77. The van der Waals surface area contributed by atoms with E-state index in [1.807, 2.05) is 24.3 Å². The Morgan fingerprint density at radius 2 is 1.79 bits per heavy atom. The van der Waals surface area contributed by atoms with E-state index in [9.17, 15) is 12.8 Å². The lowest BCUT2D eigenvalue weighted by molar-refractivity contribution is 0.428. The summed E-state index contributed by atoms with van der Waals surface area (Å²) >= 11 is 7.99. The smallest absolute Gasteiger partial charge is 0.207 e. The van der Waals surface area contributed by atoms with Crippen molar-refractivity contribution >= 4 is 33.4 Å². The van der Waals surface area contributed by atoms with Gasteiger partial charge in [-0.2, -0.15) is 16.1 Å². The maximum absolute atomic E-state index is 13.0. The molecule has 0 bridgehead atoms. The molecule has 2 aromatic rings. The summed E-state index contributed by atoms with van der Waals surface area (Å²) in [5, 5.41) is 0.886. The van der Waals surface area contributed by atoms with Gasteiger partial charge in [0.25, 0.3) is 0 Å². The first-order valence-corrected chi connectivity index (χ1v) is 10.5. The van der Waals surface area contributed by atoms with E-state index in [0.717, 1.165) is 5.56 Å². The molecule has 1 atom stereocenters. The molecule has 1 fully saturated rings. The molecule has 1 aliphatic rings. The zero-order chi connectivity index (χ0) is 17.2. The minimum atomic E-state index is -3.60. The van der Waals surface area contributed by atoms with Crippen molar-refractivity contribution in [3.8, 4) is 0 Å². The SMILES string of the molecule is O=S(=O)(c1ccc(F)cc1)N1CCSC(c2ccccc2Cl)CC1. The maximum Gasteiger partial charge on any atom is 0.243 e. The first-order chi connectivity index (χ1) is 11.5. The molecular formula is C17H17ClFNO2S2. The van der Waals surface area contributed by atoms with E-state index in [4.69, 9.17) is 11.6 Å². The molecule has 0 saturated carbocycles. The molecular weight excluding hydrogens is 369 g/mol. The summed E-state index contributed by atoms with van der Waals surface area (Å²) in [5.74, 6) is 0.246. The predicted octanol–water partition coefficient (Wildman–Crippen LogP) is 4.35. The van der Waals surface area contributed by atoms with Crippen LogP contribution in [0.2, 0.25) is 5.02 Å². The second kappa shape index (κ2) is 7.44. The molecule has 7 heteroatoms. The Morgan fingerprint density at radius 3 is 2.50 bits per heavy atom. The lowest BCUT2D eigenvalue weighted by Crippen LogP contribution is -2.33. The highest BCUT2D eigenvalue weighted by molar-refractivity contribution is 7.99. The van der Waals surface area contributed by atoms with Crippen LogP contribution < -0.4 is 0 Å². The van der Waals surface area contributed by atoms with Gasteiger partial charge in [0.05, 0.1) is 4.90 Å². The third-order valence-electron chi connectivity index (χ3n) is 4.00. The Morgan fingerprint density at radius 1 is 1.08 bits per heavy atom. The Hall–Kier alpha value is -1.08. The van der Waals surface area contributed by atoms with Crippen molar-refractivity contribution in [1.29, 1.82) is 0 Å². The van der Waals surface area contributed by atoms with Gasteiger partial charge >= 0.3 is 0 Å². The molecule has 3 rings (SSSR count). The Bertz CT molecular complexity index is 812. The average Bonchev–Trinajstić information content (AvgIpc) is 2.82. The molecule has 1 saturated heterocycles. The molecule has 1 heterocycles. The highest BCUT2D eigenvalue weighted by Gasteiger charge is 2.28. The number of thioether (sulfide) groups is 1. The lowest BCUT2D eigenvalue weighted by atomic mass is 10.1. The van der Waals surface area contributed by atoms with Crippen LogP contribution in [-0.2, 0) is 10.0 Å². The monoisotopic (exact) mass is 385 g/mol. The largest absolute Gasteiger partial charge is 0.243 e. The van der Waals surface area contributed by atoms with Crippen LogP contribution in [0, 0.1) is 5.82 Å². The van der Waals surface area contributed by atoms with Gasteiger partial charge in [-0.25, -0.2) is 12.8 Å². The van der Waals surface area contributed by atoms with Gasteiger partial charge in [0.2, 0.25) is 10.0 Å². The fourth-order valence-electron chi connectivity index (χ4n) is 2.73. The lowest BCUT2D eigenvalue weighted by Gasteiger charge is -2.20. The topological polar surface area (TPSA) is 37.4 Å². The van der Waals surface area contributed by atoms with Gasteiger partial charge in [0.15, 0.2) is 0 Å². The van der Waals surface area contributed by atoms with Crippen LogP contribution in [0.15, 0.2) is 53.4 Å². The molecule has 0 radical (unpaired) electrons. The molecule has 0 aromatic heterocycles. The molecule has 0 spiro atoms. The van der Waals surface area contributed by atoms with E-state index in [-0.39, 0.29) is 10.1 Å². The van der Waals surface area contributed by atoms with E-state index < -0.39 is 15.8 Å². The summed E-state index contributed by atoms with van der Waals surface area (Å²) in [6.45, 7) is 0.855. The minimum Gasteiger partial charge on any atom is -0.207 e. The van der Waals surface area contributed by atoms with Crippen LogP contribution in [0.3, 0.4) is 0 Å². The highest BCUT2D eigenvalue weighted by atomic mass is 35.5. The Balaban J connectivity index is 1.78. The summed E-state index contributed by atoms with van der Waals surface area (Å²) in [5.41, 5.74) is 1.05. The molecule has 0 amide bonds. The standard InChI is InChI=1S/C17H17ClFNO2S2/c18-16-4-2-1-3-15(16)17-9-10-20(11-12-23-17)24(21,22)14-7-5-13(19)6-8-14/h1-8,17H,9-12H2. The molecule has 2 aromatic carbocycles. The number of nitrogens with zero attached hydrogens (tertiary/aromatic N) is 1. The van der Waals surface area contributed by atoms with Gasteiger partial charge in [-0.05, 0) is 42.3 Å². The number of benzene rings is 2. The van der Waals surface area contributed by atoms with Crippen LogP contribution in [0.25, 0.3) is 0 Å². The van der Waals surface area contributed by atoms with Crippen molar-refractivity contribution in [3.05, 3.63) is 64.9 Å². The summed E-state index contributed by atoms with van der Waals surface area (Å²) in [7, 11) is -3.60. The van der Waals surface area contributed by atoms with Crippen molar-refractivity contribution in [1.82, 2.24) is 4.31 Å². The van der Waals surface area contributed by atoms with E-state index in [0.29, 0.717) is 30.3 Å². The number of rotatable bonds is 3. The predicted molar refractivity (Wildman–Crippen MR) is 96.4 cm³/mol. The minimum absolute atomic E-state index is 0.130. The summed E-state index contributed by atoms with van der Waals surface area (Å²) in [6, 6.07) is 12.7. The quantitative estimate of drug-likeness (QED) is 0.788. The average molecular weight is 386 g/mol. The number of sulfonamides is 1. The number of hydrogen-bond acceptors (Lipinski definition) is 3. The van der Waals surface area contributed by atoms with Crippen molar-refractivity contribution in [2.75, 3.05) is 18.8 Å². The molecule has 128 valence electrons. The second-order valence-corrected chi connectivity index (χ2v) is 9.18. The van der Waals surface area contributed by atoms with Crippen molar-refractivity contribution in [2.24, 2.45) is 0 Å². The van der Waals surface area contributed by atoms with Crippen LogP contribution >= 0.6 is 23.4 Å². The van der Waals surface area contributed by atoms with Crippen LogP contribution in [0.1, 0.15) is 17.2 Å². The number of halogens is 2. The third-order valence-corrected chi connectivity index (χ3v) is 7.57. The first kappa shape index (κ1) is 17.7. The van der Waals surface area contributed by atoms with Gasteiger partial charge in [-0.15, -0.1) is 0 Å². The van der Waals surface area contributed by atoms with Gasteiger partial charge < -0.3 is 0 Å².